The molecule has 0 saturated carbocycles. The predicted molar refractivity (Wildman–Crippen MR) is 86.2 cm³/mol. The van der Waals surface area contributed by atoms with Gasteiger partial charge in [0.05, 0.1) is 17.3 Å². The molecule has 1 aliphatic heterocycles. The van der Waals surface area contributed by atoms with E-state index in [2.05, 4.69) is 25.7 Å². The molecule has 3 aromatic rings. The fourth-order valence-electron chi connectivity index (χ4n) is 2.88. The quantitative estimate of drug-likeness (QED) is 0.773. The van der Waals surface area contributed by atoms with Crippen LogP contribution < -0.4 is 10.6 Å². The largest absolute Gasteiger partial charge is 0.367 e. The van der Waals surface area contributed by atoms with Gasteiger partial charge in [-0.2, -0.15) is 5.10 Å². The number of anilines is 1. The van der Waals surface area contributed by atoms with Crippen LogP contribution in [0.2, 0.25) is 0 Å². The van der Waals surface area contributed by atoms with Crippen molar-refractivity contribution < 1.29 is 0 Å². The molecular weight excluding hydrogens is 276 g/mol. The van der Waals surface area contributed by atoms with Crippen LogP contribution in [0, 0.1) is 0 Å². The van der Waals surface area contributed by atoms with Crippen molar-refractivity contribution in [2.75, 3.05) is 18.4 Å². The summed E-state index contributed by atoms with van der Waals surface area (Å²) in [6, 6.07) is 10.5. The van der Waals surface area contributed by atoms with E-state index in [0.717, 1.165) is 48.5 Å². The highest BCUT2D eigenvalue weighted by atomic mass is 15.3. The van der Waals surface area contributed by atoms with Crippen LogP contribution in [-0.4, -0.2) is 38.9 Å². The topological polar surface area (TPSA) is 67.7 Å². The molecule has 0 radical (unpaired) electrons. The zero-order valence-corrected chi connectivity index (χ0v) is 12.2. The number of benzene rings is 1. The van der Waals surface area contributed by atoms with Crippen molar-refractivity contribution in [3.63, 3.8) is 0 Å². The Morgan fingerprint density at radius 3 is 2.73 bits per heavy atom. The highest BCUT2D eigenvalue weighted by molar-refractivity contribution is 5.87. The van der Waals surface area contributed by atoms with Gasteiger partial charge in [-0.3, -0.25) is 0 Å². The lowest BCUT2D eigenvalue weighted by Crippen LogP contribution is -2.35. The van der Waals surface area contributed by atoms with Gasteiger partial charge in [-0.1, -0.05) is 18.2 Å². The van der Waals surface area contributed by atoms with E-state index in [1.54, 1.807) is 6.33 Å². The number of nitrogens with zero attached hydrogens (tertiary/aromatic N) is 4. The smallest absolute Gasteiger partial charge is 0.168 e. The molecule has 2 N–H and O–H groups in total. The number of nitrogens with one attached hydrogen (secondary N) is 2. The number of aromatic nitrogens is 4. The van der Waals surface area contributed by atoms with Crippen LogP contribution in [-0.2, 0) is 0 Å². The summed E-state index contributed by atoms with van der Waals surface area (Å²) in [7, 11) is 0. The third-order valence-corrected chi connectivity index (χ3v) is 4.05. The molecule has 0 amide bonds. The molecule has 22 heavy (non-hydrogen) atoms. The monoisotopic (exact) mass is 294 g/mol. The Bertz CT molecular complexity index is 761. The molecule has 1 aliphatic rings. The van der Waals surface area contributed by atoms with E-state index in [1.165, 1.54) is 0 Å². The Labute approximate surface area is 128 Å². The summed E-state index contributed by atoms with van der Waals surface area (Å²) in [6.45, 7) is 2.10. The maximum absolute atomic E-state index is 4.48. The number of para-hydroxylation sites is 1. The molecule has 0 atom stereocenters. The molecule has 1 aromatic carbocycles. The zero-order chi connectivity index (χ0) is 14.8. The molecule has 0 unspecified atom stereocenters. The van der Waals surface area contributed by atoms with Crippen molar-refractivity contribution in [2.24, 2.45) is 0 Å². The van der Waals surface area contributed by atoms with E-state index in [0.29, 0.717) is 6.04 Å². The molecule has 112 valence electrons. The zero-order valence-electron chi connectivity index (χ0n) is 12.2. The van der Waals surface area contributed by atoms with Crippen LogP contribution in [0.3, 0.4) is 0 Å². The molecular formula is C16H18N6. The van der Waals surface area contributed by atoms with Gasteiger partial charge in [0.15, 0.2) is 5.65 Å². The van der Waals surface area contributed by atoms with Gasteiger partial charge >= 0.3 is 0 Å². The normalized spacial score (nSPS) is 16.0. The lowest BCUT2D eigenvalue weighted by Gasteiger charge is -2.24. The van der Waals surface area contributed by atoms with E-state index in [-0.39, 0.29) is 0 Å². The second-order valence-electron chi connectivity index (χ2n) is 5.52. The van der Waals surface area contributed by atoms with Crippen molar-refractivity contribution >= 4 is 16.9 Å². The molecule has 1 saturated heterocycles. The first kappa shape index (κ1) is 13.2. The van der Waals surface area contributed by atoms with Gasteiger partial charge in [0.2, 0.25) is 0 Å². The molecule has 0 aliphatic carbocycles. The third-order valence-electron chi connectivity index (χ3n) is 4.05. The van der Waals surface area contributed by atoms with E-state index >= 15 is 0 Å². The van der Waals surface area contributed by atoms with Gasteiger partial charge < -0.3 is 10.6 Å². The van der Waals surface area contributed by atoms with E-state index in [1.807, 2.05) is 41.2 Å². The van der Waals surface area contributed by atoms with Crippen LogP contribution in [0.15, 0.2) is 42.9 Å². The summed E-state index contributed by atoms with van der Waals surface area (Å²) >= 11 is 0. The highest BCUT2D eigenvalue weighted by Crippen LogP contribution is 2.23. The summed E-state index contributed by atoms with van der Waals surface area (Å²) in [6.07, 6.45) is 5.66. The molecule has 1 fully saturated rings. The van der Waals surface area contributed by atoms with Gasteiger partial charge in [-0.05, 0) is 38.1 Å². The average Bonchev–Trinajstić information content (AvgIpc) is 3.02. The Kier molecular flexibility index (Phi) is 3.44. The van der Waals surface area contributed by atoms with Gasteiger partial charge in [0, 0.05) is 6.04 Å². The first-order valence-corrected chi connectivity index (χ1v) is 7.63. The van der Waals surface area contributed by atoms with Crippen LogP contribution in [0.25, 0.3) is 16.7 Å². The van der Waals surface area contributed by atoms with Crippen molar-refractivity contribution in [2.45, 2.75) is 18.9 Å². The molecule has 3 heterocycles. The number of rotatable bonds is 3. The van der Waals surface area contributed by atoms with Crippen LogP contribution >= 0.6 is 0 Å². The maximum atomic E-state index is 4.48. The average molecular weight is 294 g/mol. The van der Waals surface area contributed by atoms with E-state index in [4.69, 9.17) is 0 Å². The minimum absolute atomic E-state index is 0.458. The van der Waals surface area contributed by atoms with Crippen LogP contribution in [0.5, 0.6) is 0 Å². The van der Waals surface area contributed by atoms with Gasteiger partial charge in [0.25, 0.3) is 0 Å². The second kappa shape index (κ2) is 5.73. The van der Waals surface area contributed by atoms with E-state index < -0.39 is 0 Å². The third kappa shape index (κ3) is 2.42. The summed E-state index contributed by atoms with van der Waals surface area (Å²) < 4.78 is 1.85. The van der Waals surface area contributed by atoms with Crippen molar-refractivity contribution in [3.8, 4) is 5.69 Å². The molecule has 6 nitrogen and oxygen atoms in total. The van der Waals surface area contributed by atoms with Crippen molar-refractivity contribution in [3.05, 3.63) is 42.9 Å². The fraction of sp³-hybridized carbons (Fsp3) is 0.312. The summed E-state index contributed by atoms with van der Waals surface area (Å²) in [5.74, 6) is 0.874. The van der Waals surface area contributed by atoms with Gasteiger partial charge in [-0.15, -0.1) is 0 Å². The molecule has 6 heteroatoms. The van der Waals surface area contributed by atoms with Crippen LogP contribution in [0.1, 0.15) is 12.8 Å². The predicted octanol–water partition coefficient (Wildman–Crippen LogP) is 1.98. The van der Waals surface area contributed by atoms with Crippen molar-refractivity contribution in [1.29, 1.82) is 0 Å². The Morgan fingerprint density at radius 1 is 1.09 bits per heavy atom. The standard InChI is InChI=1S/C16H18N6/c1-2-4-13(5-3-1)22-16-14(10-20-22)15(18-11-19-16)21-12-6-8-17-9-7-12/h1-5,10-12,17H,6-9H2,(H,18,19,21). The lowest BCUT2D eigenvalue weighted by atomic mass is 10.1. The molecule has 0 spiro atoms. The molecule has 2 aromatic heterocycles. The van der Waals surface area contributed by atoms with Crippen molar-refractivity contribution in [1.82, 2.24) is 25.1 Å². The minimum atomic E-state index is 0.458. The Morgan fingerprint density at radius 2 is 1.91 bits per heavy atom. The maximum Gasteiger partial charge on any atom is 0.168 e. The minimum Gasteiger partial charge on any atom is -0.367 e. The van der Waals surface area contributed by atoms with Crippen LogP contribution in [0.4, 0.5) is 5.82 Å². The van der Waals surface area contributed by atoms with Gasteiger partial charge in [-0.25, -0.2) is 14.6 Å². The number of fused-ring (bicyclic) bond motifs is 1. The Balaban J connectivity index is 1.70. The number of hydrogen-bond acceptors (Lipinski definition) is 5. The SMILES string of the molecule is c1ccc(-n2ncc3c(NC4CCNCC4)ncnc32)cc1. The lowest BCUT2D eigenvalue weighted by molar-refractivity contribution is 0.478. The van der Waals surface area contributed by atoms with E-state index in [9.17, 15) is 0 Å². The number of hydrogen-bond donors (Lipinski definition) is 2. The summed E-state index contributed by atoms with van der Waals surface area (Å²) in [4.78, 5) is 8.82. The first-order chi connectivity index (χ1) is 10.9. The number of piperidine rings is 1. The summed E-state index contributed by atoms with van der Waals surface area (Å²) in [5, 5.41) is 12.4. The second-order valence-corrected chi connectivity index (χ2v) is 5.52. The molecule has 4 rings (SSSR count). The summed E-state index contributed by atoms with van der Waals surface area (Å²) in [5.41, 5.74) is 1.83. The first-order valence-electron chi connectivity index (χ1n) is 7.63. The fourth-order valence-corrected chi connectivity index (χ4v) is 2.88. The molecule has 0 bridgehead atoms. The Hall–Kier alpha value is -2.47. The van der Waals surface area contributed by atoms with Gasteiger partial charge in [0.1, 0.15) is 12.1 Å². The highest BCUT2D eigenvalue weighted by Gasteiger charge is 2.16.